The van der Waals surface area contributed by atoms with Crippen molar-refractivity contribution < 1.29 is 5.11 Å². The maximum atomic E-state index is 12.1. The summed E-state index contributed by atoms with van der Waals surface area (Å²) in [6.07, 6.45) is 1.35. The van der Waals surface area contributed by atoms with Gasteiger partial charge in [0.2, 0.25) is 0 Å². The van der Waals surface area contributed by atoms with E-state index in [2.05, 4.69) is 16.8 Å². The van der Waals surface area contributed by atoms with Crippen LogP contribution in [0.2, 0.25) is 0 Å². The summed E-state index contributed by atoms with van der Waals surface area (Å²) in [7, 11) is 0. The van der Waals surface area contributed by atoms with E-state index in [1.54, 1.807) is 15.9 Å². The average molecular weight is 296 g/mol. The minimum Gasteiger partial charge on any atom is -0.384 e. The number of benzene rings is 1. The first kappa shape index (κ1) is 13.6. The Morgan fingerprint density at radius 3 is 3.05 bits per heavy atom. The zero-order valence-corrected chi connectivity index (χ0v) is 11.9. The lowest BCUT2D eigenvalue weighted by molar-refractivity contribution is 0.350. The fourth-order valence-electron chi connectivity index (χ4n) is 2.10. The number of aliphatic hydroxyl groups excluding tert-OH is 1. The molecular formula is C16H12N2O2S. The number of aliphatic hydroxyl groups is 1. The second-order valence-electron chi connectivity index (χ2n) is 4.43. The van der Waals surface area contributed by atoms with Crippen LogP contribution in [0.15, 0.2) is 46.7 Å². The fourth-order valence-corrected chi connectivity index (χ4v) is 2.91. The Hall–Kier alpha value is -2.42. The van der Waals surface area contributed by atoms with Crippen molar-refractivity contribution in [1.29, 1.82) is 0 Å². The molecule has 1 N–H and O–H groups in total. The summed E-state index contributed by atoms with van der Waals surface area (Å²) in [4.78, 5) is 17.2. The number of para-hydroxylation sites is 2. The van der Waals surface area contributed by atoms with Gasteiger partial charge in [0, 0.05) is 15.8 Å². The third-order valence-corrected chi connectivity index (χ3v) is 3.95. The number of thiophene rings is 1. The van der Waals surface area contributed by atoms with E-state index in [1.165, 1.54) is 6.20 Å². The Morgan fingerprint density at radius 2 is 2.19 bits per heavy atom. The zero-order valence-electron chi connectivity index (χ0n) is 11.1. The molecule has 3 rings (SSSR count). The number of nitrogens with zero attached hydrogens (tertiary/aromatic N) is 2. The Bertz CT molecular complexity index is 900. The molecule has 0 bridgehead atoms. The molecule has 0 spiro atoms. The number of hydrogen-bond acceptors (Lipinski definition) is 4. The van der Waals surface area contributed by atoms with Gasteiger partial charge in [0.05, 0.1) is 23.8 Å². The first-order chi connectivity index (χ1) is 10.3. The number of fused-ring (bicyclic) bond motifs is 1. The second-order valence-corrected chi connectivity index (χ2v) is 5.43. The first-order valence-electron chi connectivity index (χ1n) is 6.39. The third-order valence-electron chi connectivity index (χ3n) is 3.03. The van der Waals surface area contributed by atoms with Gasteiger partial charge in [-0.15, -0.1) is 11.3 Å². The van der Waals surface area contributed by atoms with E-state index >= 15 is 0 Å². The van der Waals surface area contributed by atoms with Gasteiger partial charge in [0.15, 0.2) is 0 Å². The summed E-state index contributed by atoms with van der Waals surface area (Å²) in [5.74, 6) is 5.48. The summed E-state index contributed by atoms with van der Waals surface area (Å²) in [6, 6.07) is 9.51. The molecular weight excluding hydrogens is 284 g/mol. The van der Waals surface area contributed by atoms with Gasteiger partial charge in [0.25, 0.3) is 5.56 Å². The van der Waals surface area contributed by atoms with Gasteiger partial charge in [-0.05, 0) is 18.2 Å². The maximum absolute atomic E-state index is 12.1. The Morgan fingerprint density at radius 1 is 1.33 bits per heavy atom. The van der Waals surface area contributed by atoms with Crippen molar-refractivity contribution in [3.63, 3.8) is 0 Å². The van der Waals surface area contributed by atoms with E-state index in [9.17, 15) is 4.79 Å². The molecule has 0 saturated heterocycles. The van der Waals surface area contributed by atoms with E-state index < -0.39 is 0 Å². The van der Waals surface area contributed by atoms with Gasteiger partial charge >= 0.3 is 0 Å². The lowest BCUT2D eigenvalue weighted by Gasteiger charge is -2.07. The van der Waals surface area contributed by atoms with E-state index in [0.717, 1.165) is 21.5 Å². The van der Waals surface area contributed by atoms with Crippen LogP contribution in [0.5, 0.6) is 0 Å². The van der Waals surface area contributed by atoms with E-state index in [-0.39, 0.29) is 12.2 Å². The van der Waals surface area contributed by atoms with Crippen molar-refractivity contribution in [2.75, 3.05) is 6.61 Å². The molecule has 0 saturated carbocycles. The van der Waals surface area contributed by atoms with E-state index in [0.29, 0.717) is 6.54 Å². The highest BCUT2D eigenvalue weighted by Crippen LogP contribution is 2.17. The van der Waals surface area contributed by atoms with Crippen molar-refractivity contribution in [3.8, 4) is 11.8 Å². The molecule has 0 aliphatic heterocycles. The third kappa shape index (κ3) is 2.87. The molecule has 0 amide bonds. The first-order valence-corrected chi connectivity index (χ1v) is 7.27. The monoisotopic (exact) mass is 296 g/mol. The smallest absolute Gasteiger partial charge is 0.269 e. The Balaban J connectivity index is 2.00. The van der Waals surface area contributed by atoms with Gasteiger partial charge in [-0.25, -0.2) is 4.98 Å². The fraction of sp³-hybridized carbons (Fsp3) is 0.125. The van der Waals surface area contributed by atoms with Gasteiger partial charge in [0.1, 0.15) is 6.61 Å². The highest BCUT2D eigenvalue weighted by atomic mass is 32.1. The minimum atomic E-state index is -0.153. The Labute approximate surface area is 125 Å². The largest absolute Gasteiger partial charge is 0.384 e. The standard InChI is InChI=1S/C16H12N2O2S/c19-7-3-4-12-8-13(21-11-12)10-18-15-6-2-1-5-14(15)17-9-16(18)20/h1-2,5-6,8-9,11,19H,7,10H2. The number of hydrogen-bond donors (Lipinski definition) is 1. The van der Waals surface area contributed by atoms with Gasteiger partial charge in [-0.2, -0.15) is 0 Å². The molecule has 4 nitrogen and oxygen atoms in total. The van der Waals surface area contributed by atoms with Crippen LogP contribution in [0.1, 0.15) is 10.4 Å². The summed E-state index contributed by atoms with van der Waals surface area (Å²) < 4.78 is 1.71. The summed E-state index contributed by atoms with van der Waals surface area (Å²) in [5.41, 5.74) is 2.36. The molecule has 0 atom stereocenters. The molecule has 2 aromatic heterocycles. The van der Waals surface area contributed by atoms with Crippen LogP contribution in [-0.2, 0) is 6.54 Å². The van der Waals surface area contributed by atoms with Crippen molar-refractivity contribution in [2.24, 2.45) is 0 Å². The van der Waals surface area contributed by atoms with Gasteiger partial charge < -0.3 is 9.67 Å². The van der Waals surface area contributed by atoms with E-state index in [4.69, 9.17) is 5.11 Å². The summed E-state index contributed by atoms with van der Waals surface area (Å²) in [6.45, 7) is 0.340. The molecule has 104 valence electrons. The normalized spacial score (nSPS) is 10.3. The van der Waals surface area contributed by atoms with Crippen LogP contribution in [-0.4, -0.2) is 21.3 Å². The average Bonchev–Trinajstić information content (AvgIpc) is 2.96. The lowest BCUT2D eigenvalue weighted by Crippen LogP contribution is -2.20. The molecule has 2 heterocycles. The van der Waals surface area contributed by atoms with E-state index in [1.807, 2.05) is 35.7 Å². The molecule has 3 aromatic rings. The quantitative estimate of drug-likeness (QED) is 0.734. The van der Waals surface area contributed by atoms with Crippen LogP contribution < -0.4 is 5.56 Å². The molecule has 1 aromatic carbocycles. The summed E-state index contributed by atoms with van der Waals surface area (Å²) in [5, 5.41) is 10.6. The molecule has 21 heavy (non-hydrogen) atoms. The number of aromatic nitrogens is 2. The van der Waals surface area contributed by atoms with Crippen LogP contribution in [0, 0.1) is 11.8 Å². The molecule has 0 aliphatic rings. The van der Waals surface area contributed by atoms with Crippen molar-refractivity contribution in [3.05, 3.63) is 62.7 Å². The number of rotatable bonds is 2. The van der Waals surface area contributed by atoms with Gasteiger partial charge in [-0.1, -0.05) is 24.0 Å². The molecule has 5 heteroatoms. The van der Waals surface area contributed by atoms with Gasteiger partial charge in [-0.3, -0.25) is 4.79 Å². The SMILES string of the molecule is O=c1cnc2ccccc2n1Cc1cc(C#CCO)cs1. The molecule has 0 fully saturated rings. The van der Waals surface area contributed by atoms with Crippen molar-refractivity contribution in [1.82, 2.24) is 9.55 Å². The molecule has 0 aliphatic carbocycles. The topological polar surface area (TPSA) is 55.1 Å². The van der Waals surface area contributed by atoms with Crippen LogP contribution in [0.25, 0.3) is 11.0 Å². The zero-order chi connectivity index (χ0) is 14.7. The molecule has 0 unspecified atom stereocenters. The predicted octanol–water partition coefficient (Wildman–Crippen LogP) is 1.85. The highest BCUT2D eigenvalue weighted by molar-refractivity contribution is 7.10. The highest BCUT2D eigenvalue weighted by Gasteiger charge is 2.06. The Kier molecular flexibility index (Phi) is 3.82. The second kappa shape index (κ2) is 5.92. The van der Waals surface area contributed by atoms with Crippen molar-refractivity contribution in [2.45, 2.75) is 6.54 Å². The maximum Gasteiger partial charge on any atom is 0.269 e. The van der Waals surface area contributed by atoms with Crippen LogP contribution in [0.4, 0.5) is 0 Å². The molecule has 0 radical (unpaired) electrons. The van der Waals surface area contributed by atoms with Crippen LogP contribution >= 0.6 is 11.3 Å². The van der Waals surface area contributed by atoms with Crippen molar-refractivity contribution >= 4 is 22.4 Å². The minimum absolute atomic E-state index is 0.120. The van der Waals surface area contributed by atoms with Crippen LogP contribution in [0.3, 0.4) is 0 Å². The lowest BCUT2D eigenvalue weighted by atomic mass is 10.2. The summed E-state index contributed by atoms with van der Waals surface area (Å²) >= 11 is 1.55. The predicted molar refractivity (Wildman–Crippen MR) is 83.4 cm³/mol.